The Kier molecular flexibility index (Phi) is 3.09. The van der Waals surface area contributed by atoms with Crippen LogP contribution >= 0.6 is 11.3 Å². The van der Waals surface area contributed by atoms with Gasteiger partial charge in [-0.05, 0) is 34.5 Å². The number of pyridine rings is 1. The number of thiophene rings is 1. The molecule has 0 atom stereocenters. The average molecular weight is 266 g/mol. The second-order valence-electron chi connectivity index (χ2n) is 4.00. The fraction of sp³-hybridized carbons (Fsp3) is 0.0714. The molecule has 0 bridgehead atoms. The molecule has 0 radical (unpaired) electrons. The molecule has 0 spiro atoms. The summed E-state index contributed by atoms with van der Waals surface area (Å²) in [5, 5.41) is 21.1. The van der Waals surface area contributed by atoms with E-state index in [1.165, 1.54) is 5.56 Å². The van der Waals surface area contributed by atoms with E-state index in [0.29, 0.717) is 5.82 Å². The lowest BCUT2D eigenvalue weighted by Crippen LogP contribution is -1.93. The van der Waals surface area contributed by atoms with Crippen LogP contribution in [0, 0.1) is 11.3 Å². The highest BCUT2D eigenvalue weighted by Crippen LogP contribution is 2.15. The van der Waals surface area contributed by atoms with E-state index in [9.17, 15) is 0 Å². The lowest BCUT2D eigenvalue weighted by molar-refractivity contribution is 0.957. The second-order valence-corrected chi connectivity index (χ2v) is 4.78. The molecule has 19 heavy (non-hydrogen) atoms. The van der Waals surface area contributed by atoms with Crippen molar-refractivity contribution in [2.75, 3.05) is 0 Å². The van der Waals surface area contributed by atoms with Gasteiger partial charge in [0.05, 0.1) is 12.5 Å². The predicted octanol–water partition coefficient (Wildman–Crippen LogP) is 3.03. The van der Waals surface area contributed by atoms with Gasteiger partial charge in [0, 0.05) is 11.8 Å². The summed E-state index contributed by atoms with van der Waals surface area (Å²) in [6.07, 6.45) is 6.20. The maximum Gasteiger partial charge on any atom is 0.168 e. The van der Waals surface area contributed by atoms with Crippen LogP contribution in [-0.4, -0.2) is 14.6 Å². The summed E-state index contributed by atoms with van der Waals surface area (Å²) in [7, 11) is 0. The van der Waals surface area contributed by atoms with Crippen LogP contribution in [0.2, 0.25) is 0 Å². The summed E-state index contributed by atoms with van der Waals surface area (Å²) >= 11 is 1.67. The van der Waals surface area contributed by atoms with E-state index in [-0.39, 0.29) is 6.42 Å². The first-order valence-electron chi connectivity index (χ1n) is 5.78. The standard InChI is InChI=1S/C14H10N4S/c15-7-5-13-16-17-14-12(2-1-8-18(13)14)4-3-11-6-9-19-10-11/h1-4,6,8-10H,5H2. The summed E-state index contributed by atoms with van der Waals surface area (Å²) in [6, 6.07) is 8.08. The third kappa shape index (κ3) is 2.26. The molecule has 5 heteroatoms. The van der Waals surface area contributed by atoms with Crippen LogP contribution in [0.5, 0.6) is 0 Å². The van der Waals surface area contributed by atoms with Crippen LogP contribution in [0.15, 0.2) is 35.2 Å². The van der Waals surface area contributed by atoms with Crippen LogP contribution in [0.3, 0.4) is 0 Å². The van der Waals surface area contributed by atoms with E-state index in [2.05, 4.69) is 27.7 Å². The minimum atomic E-state index is 0.263. The van der Waals surface area contributed by atoms with Gasteiger partial charge in [-0.25, -0.2) is 0 Å². The maximum absolute atomic E-state index is 8.75. The van der Waals surface area contributed by atoms with Gasteiger partial charge in [-0.3, -0.25) is 4.40 Å². The molecular formula is C14H10N4S. The van der Waals surface area contributed by atoms with Gasteiger partial charge < -0.3 is 0 Å². The monoisotopic (exact) mass is 266 g/mol. The van der Waals surface area contributed by atoms with Gasteiger partial charge in [0.25, 0.3) is 0 Å². The van der Waals surface area contributed by atoms with Gasteiger partial charge in [0.15, 0.2) is 11.5 Å². The van der Waals surface area contributed by atoms with Gasteiger partial charge in [0.2, 0.25) is 0 Å². The SMILES string of the molecule is N#CCc1nnc2c(C=Cc3ccsc3)cccn12. The highest BCUT2D eigenvalue weighted by molar-refractivity contribution is 7.08. The smallest absolute Gasteiger partial charge is 0.168 e. The average Bonchev–Trinajstić information content (AvgIpc) is 3.07. The van der Waals surface area contributed by atoms with E-state index < -0.39 is 0 Å². The molecule has 92 valence electrons. The number of fused-ring (bicyclic) bond motifs is 1. The summed E-state index contributed by atoms with van der Waals surface area (Å²) in [5.74, 6) is 0.670. The van der Waals surface area contributed by atoms with E-state index >= 15 is 0 Å². The molecule has 0 saturated heterocycles. The van der Waals surface area contributed by atoms with E-state index in [4.69, 9.17) is 5.26 Å². The van der Waals surface area contributed by atoms with Crippen molar-refractivity contribution in [3.8, 4) is 6.07 Å². The summed E-state index contributed by atoms with van der Waals surface area (Å²) < 4.78 is 1.86. The molecule has 3 rings (SSSR count). The van der Waals surface area contributed by atoms with Crippen molar-refractivity contribution in [3.63, 3.8) is 0 Å². The molecule has 0 fully saturated rings. The molecule has 0 aliphatic carbocycles. The minimum Gasteiger partial charge on any atom is -0.285 e. The molecule has 3 heterocycles. The Hall–Kier alpha value is -2.45. The Morgan fingerprint density at radius 1 is 1.32 bits per heavy atom. The lowest BCUT2D eigenvalue weighted by atomic mass is 10.2. The molecule has 0 N–H and O–H groups in total. The molecule has 3 aromatic heterocycles. The fourth-order valence-electron chi connectivity index (χ4n) is 1.86. The molecular weight excluding hydrogens is 256 g/mol. The van der Waals surface area contributed by atoms with Crippen LogP contribution in [0.1, 0.15) is 17.0 Å². The van der Waals surface area contributed by atoms with Crippen molar-refractivity contribution in [2.45, 2.75) is 6.42 Å². The van der Waals surface area contributed by atoms with Crippen molar-refractivity contribution >= 4 is 29.1 Å². The largest absolute Gasteiger partial charge is 0.285 e. The summed E-state index contributed by atoms with van der Waals surface area (Å²) in [5.41, 5.74) is 2.94. The van der Waals surface area contributed by atoms with Gasteiger partial charge in [0.1, 0.15) is 0 Å². The van der Waals surface area contributed by atoms with E-state index in [1.807, 2.05) is 40.3 Å². The highest BCUT2D eigenvalue weighted by Gasteiger charge is 2.06. The summed E-state index contributed by atoms with van der Waals surface area (Å²) in [6.45, 7) is 0. The maximum atomic E-state index is 8.75. The normalized spacial score (nSPS) is 11.1. The Morgan fingerprint density at radius 2 is 2.26 bits per heavy atom. The third-order valence-electron chi connectivity index (χ3n) is 2.77. The topological polar surface area (TPSA) is 54.0 Å². The first-order chi connectivity index (χ1) is 9.38. The number of rotatable bonds is 3. The van der Waals surface area contributed by atoms with E-state index in [0.717, 1.165) is 11.2 Å². The van der Waals surface area contributed by atoms with Gasteiger partial charge in [-0.2, -0.15) is 16.6 Å². The Labute approximate surface area is 114 Å². The number of hydrogen-bond donors (Lipinski definition) is 0. The first kappa shape index (κ1) is 11.6. The molecule has 0 saturated carbocycles. The van der Waals surface area contributed by atoms with Crippen LogP contribution in [0.25, 0.3) is 17.8 Å². The number of aromatic nitrogens is 3. The van der Waals surface area contributed by atoms with Crippen LogP contribution < -0.4 is 0 Å². The molecule has 0 aliphatic rings. The molecule has 0 aliphatic heterocycles. The summed E-state index contributed by atoms with van der Waals surface area (Å²) in [4.78, 5) is 0. The van der Waals surface area contributed by atoms with E-state index in [1.54, 1.807) is 11.3 Å². The number of hydrogen-bond acceptors (Lipinski definition) is 4. The zero-order valence-corrected chi connectivity index (χ0v) is 10.8. The van der Waals surface area contributed by atoms with Crippen molar-refractivity contribution in [1.82, 2.24) is 14.6 Å². The molecule has 3 aromatic rings. The predicted molar refractivity (Wildman–Crippen MR) is 75.6 cm³/mol. The van der Waals surface area contributed by atoms with Crippen molar-refractivity contribution < 1.29 is 0 Å². The first-order valence-corrected chi connectivity index (χ1v) is 6.72. The quantitative estimate of drug-likeness (QED) is 0.732. The number of nitriles is 1. The zero-order valence-electron chi connectivity index (χ0n) is 10.0. The third-order valence-corrected chi connectivity index (χ3v) is 3.47. The fourth-order valence-corrected chi connectivity index (χ4v) is 2.49. The van der Waals surface area contributed by atoms with Gasteiger partial charge >= 0.3 is 0 Å². The molecule has 0 unspecified atom stereocenters. The van der Waals surface area contributed by atoms with Crippen molar-refractivity contribution in [2.24, 2.45) is 0 Å². The zero-order chi connectivity index (χ0) is 13.1. The Balaban J connectivity index is 2.03. The lowest BCUT2D eigenvalue weighted by Gasteiger charge is -1.98. The molecule has 0 aromatic carbocycles. The van der Waals surface area contributed by atoms with Crippen molar-refractivity contribution in [1.29, 1.82) is 5.26 Å². The Morgan fingerprint density at radius 3 is 3.05 bits per heavy atom. The van der Waals surface area contributed by atoms with Gasteiger partial charge in [-0.1, -0.05) is 12.2 Å². The van der Waals surface area contributed by atoms with Gasteiger partial charge in [-0.15, -0.1) is 10.2 Å². The van der Waals surface area contributed by atoms with Crippen LogP contribution in [-0.2, 0) is 6.42 Å². The second kappa shape index (κ2) is 5.04. The van der Waals surface area contributed by atoms with Crippen LogP contribution in [0.4, 0.5) is 0 Å². The molecule has 0 amide bonds. The minimum absolute atomic E-state index is 0.263. The number of nitrogens with zero attached hydrogens (tertiary/aromatic N) is 4. The highest BCUT2D eigenvalue weighted by atomic mass is 32.1. The Bertz CT molecular complexity index is 762. The van der Waals surface area contributed by atoms with Crippen molar-refractivity contribution in [3.05, 3.63) is 52.1 Å². The molecule has 4 nitrogen and oxygen atoms in total.